The molecule has 1 aliphatic carbocycles. The predicted octanol–water partition coefficient (Wildman–Crippen LogP) is 3.07. The average molecular weight is 249 g/mol. The average Bonchev–Trinajstić information content (AvgIpc) is 2.35. The molecule has 4 heteroatoms. The van der Waals surface area contributed by atoms with Crippen molar-refractivity contribution in [2.45, 2.75) is 26.2 Å². The van der Waals surface area contributed by atoms with Crippen molar-refractivity contribution < 1.29 is 14.7 Å². The van der Waals surface area contributed by atoms with E-state index in [1.54, 1.807) is 14.0 Å². The van der Waals surface area contributed by atoms with Crippen LogP contribution in [0.1, 0.15) is 31.7 Å². The lowest BCUT2D eigenvalue weighted by molar-refractivity contribution is 0.180. The molecule has 0 amide bonds. The van der Waals surface area contributed by atoms with Crippen LogP contribution in [0.2, 0.25) is 0 Å². The smallest absolute Gasteiger partial charge is 0.132 e. The first kappa shape index (κ1) is 12.7. The highest BCUT2D eigenvalue weighted by atomic mass is 16.5. The van der Waals surface area contributed by atoms with Gasteiger partial charge in [0, 0.05) is 11.6 Å². The fourth-order valence-corrected chi connectivity index (χ4v) is 1.97. The number of methoxy groups -OCH3 is 1. The van der Waals surface area contributed by atoms with Crippen LogP contribution in [0.25, 0.3) is 0 Å². The fourth-order valence-electron chi connectivity index (χ4n) is 1.97. The van der Waals surface area contributed by atoms with Gasteiger partial charge in [0.1, 0.15) is 11.5 Å². The van der Waals surface area contributed by atoms with Gasteiger partial charge in [-0.1, -0.05) is 11.6 Å². The molecular weight excluding hydrogens is 230 g/mol. The molecule has 18 heavy (non-hydrogen) atoms. The van der Waals surface area contributed by atoms with E-state index >= 15 is 0 Å². The predicted molar refractivity (Wildman–Crippen MR) is 69.8 cm³/mol. The minimum Gasteiger partial charge on any atom is -0.497 e. The summed E-state index contributed by atoms with van der Waals surface area (Å²) in [5.74, 6) is 2.13. The van der Waals surface area contributed by atoms with Crippen LogP contribution in [0.3, 0.4) is 0 Å². The number of nitrogens with zero attached hydrogens (tertiary/aromatic N) is 1. The minimum absolute atomic E-state index is 0.543. The molecule has 2 rings (SSSR count). The monoisotopic (exact) mass is 249 g/mol. The Hall–Kier alpha value is -1.71. The molecule has 0 bridgehead atoms. The molecule has 4 nitrogen and oxygen atoms in total. The van der Waals surface area contributed by atoms with Crippen LogP contribution in [0.4, 0.5) is 0 Å². The zero-order valence-electron chi connectivity index (χ0n) is 10.8. The molecule has 1 N–H and O–H groups in total. The SMILES string of the molecule is COc1ccc(/C(C)=N/O)c(OCC2CCC2)c1. The molecule has 0 atom stereocenters. The third-order valence-electron chi connectivity index (χ3n) is 3.43. The van der Waals surface area contributed by atoms with E-state index in [1.165, 1.54) is 19.3 Å². The summed E-state index contributed by atoms with van der Waals surface area (Å²) >= 11 is 0. The van der Waals surface area contributed by atoms with Crippen LogP contribution in [0, 0.1) is 5.92 Å². The van der Waals surface area contributed by atoms with Crippen LogP contribution in [-0.4, -0.2) is 24.6 Å². The Kier molecular flexibility index (Phi) is 4.07. The van der Waals surface area contributed by atoms with Crippen molar-refractivity contribution in [2.75, 3.05) is 13.7 Å². The molecule has 1 aromatic rings. The van der Waals surface area contributed by atoms with Gasteiger partial charge in [-0.05, 0) is 37.8 Å². The zero-order chi connectivity index (χ0) is 13.0. The Balaban J connectivity index is 2.16. The van der Waals surface area contributed by atoms with Gasteiger partial charge in [0.05, 0.1) is 19.4 Å². The lowest BCUT2D eigenvalue weighted by atomic mass is 9.86. The van der Waals surface area contributed by atoms with E-state index in [0.717, 1.165) is 23.7 Å². The molecule has 0 unspecified atom stereocenters. The summed E-state index contributed by atoms with van der Waals surface area (Å²) in [4.78, 5) is 0. The summed E-state index contributed by atoms with van der Waals surface area (Å²) in [5, 5.41) is 12.1. The van der Waals surface area contributed by atoms with Gasteiger partial charge in [0.25, 0.3) is 0 Å². The van der Waals surface area contributed by atoms with E-state index < -0.39 is 0 Å². The highest BCUT2D eigenvalue weighted by Crippen LogP contribution is 2.30. The van der Waals surface area contributed by atoms with E-state index in [9.17, 15) is 0 Å². The first-order chi connectivity index (χ1) is 8.74. The highest BCUT2D eigenvalue weighted by molar-refractivity contribution is 6.00. The topological polar surface area (TPSA) is 51.0 Å². The van der Waals surface area contributed by atoms with Crippen molar-refractivity contribution in [3.05, 3.63) is 23.8 Å². The van der Waals surface area contributed by atoms with Crippen LogP contribution in [-0.2, 0) is 0 Å². The van der Waals surface area contributed by atoms with Crippen LogP contribution >= 0.6 is 0 Å². The number of ether oxygens (including phenoxy) is 2. The molecule has 0 aliphatic heterocycles. The van der Waals surface area contributed by atoms with Gasteiger partial charge in [-0.15, -0.1) is 0 Å². The first-order valence-electron chi connectivity index (χ1n) is 6.24. The van der Waals surface area contributed by atoms with Gasteiger partial charge in [-0.2, -0.15) is 0 Å². The van der Waals surface area contributed by atoms with Gasteiger partial charge < -0.3 is 14.7 Å². The molecule has 98 valence electrons. The summed E-state index contributed by atoms with van der Waals surface area (Å²) in [6.07, 6.45) is 3.79. The highest BCUT2D eigenvalue weighted by Gasteiger charge is 2.19. The normalized spacial score (nSPS) is 16.2. The number of hydrogen-bond acceptors (Lipinski definition) is 4. The van der Waals surface area contributed by atoms with Gasteiger partial charge in [-0.3, -0.25) is 0 Å². The summed E-state index contributed by atoms with van der Waals surface area (Å²) in [6, 6.07) is 5.52. The number of oxime groups is 1. The lowest BCUT2D eigenvalue weighted by Crippen LogP contribution is -2.20. The Bertz CT molecular complexity index is 439. The Morgan fingerprint density at radius 3 is 2.78 bits per heavy atom. The van der Waals surface area contributed by atoms with Crippen LogP contribution < -0.4 is 9.47 Å². The molecule has 0 heterocycles. The van der Waals surface area contributed by atoms with Crippen molar-refractivity contribution in [3.63, 3.8) is 0 Å². The number of hydrogen-bond donors (Lipinski definition) is 1. The third-order valence-corrected chi connectivity index (χ3v) is 3.43. The molecule has 1 fully saturated rings. The summed E-state index contributed by atoms with van der Waals surface area (Å²) in [7, 11) is 1.62. The maximum Gasteiger partial charge on any atom is 0.132 e. The van der Waals surface area contributed by atoms with Crippen molar-refractivity contribution >= 4 is 5.71 Å². The Morgan fingerprint density at radius 2 is 2.22 bits per heavy atom. The quantitative estimate of drug-likeness (QED) is 0.495. The maximum absolute atomic E-state index is 8.88. The van der Waals surface area contributed by atoms with E-state index in [1.807, 2.05) is 18.2 Å². The van der Waals surface area contributed by atoms with Crippen molar-refractivity contribution in [1.82, 2.24) is 0 Å². The number of benzene rings is 1. The van der Waals surface area contributed by atoms with Crippen LogP contribution in [0.5, 0.6) is 11.5 Å². The second-order valence-corrected chi connectivity index (χ2v) is 4.66. The van der Waals surface area contributed by atoms with Gasteiger partial charge in [-0.25, -0.2) is 0 Å². The van der Waals surface area contributed by atoms with Gasteiger partial charge in [0.15, 0.2) is 0 Å². The molecule has 1 aliphatic rings. The summed E-state index contributed by atoms with van der Waals surface area (Å²) in [5.41, 5.74) is 1.35. The van der Waals surface area contributed by atoms with Crippen molar-refractivity contribution in [1.29, 1.82) is 0 Å². The molecular formula is C14H19NO3. The van der Waals surface area contributed by atoms with E-state index in [0.29, 0.717) is 11.6 Å². The lowest BCUT2D eigenvalue weighted by Gasteiger charge is -2.25. The fraction of sp³-hybridized carbons (Fsp3) is 0.500. The maximum atomic E-state index is 8.88. The second-order valence-electron chi connectivity index (χ2n) is 4.66. The zero-order valence-corrected chi connectivity index (χ0v) is 10.8. The van der Waals surface area contributed by atoms with E-state index in [2.05, 4.69) is 5.16 Å². The second kappa shape index (κ2) is 5.76. The van der Waals surface area contributed by atoms with Gasteiger partial charge >= 0.3 is 0 Å². The standard InChI is InChI=1S/C14H19NO3/c1-10(15-16)13-7-6-12(17-2)8-14(13)18-9-11-4-3-5-11/h6-8,11,16H,3-5,9H2,1-2H3/b15-10+. The third kappa shape index (κ3) is 2.75. The molecule has 0 saturated heterocycles. The Labute approximate surface area is 107 Å². The number of rotatable bonds is 5. The van der Waals surface area contributed by atoms with Crippen molar-refractivity contribution in [2.24, 2.45) is 11.1 Å². The first-order valence-corrected chi connectivity index (χ1v) is 6.24. The van der Waals surface area contributed by atoms with E-state index in [4.69, 9.17) is 14.7 Å². The van der Waals surface area contributed by atoms with Crippen molar-refractivity contribution in [3.8, 4) is 11.5 Å². The molecule has 0 aromatic heterocycles. The van der Waals surface area contributed by atoms with Gasteiger partial charge in [0.2, 0.25) is 0 Å². The minimum atomic E-state index is 0.543. The summed E-state index contributed by atoms with van der Waals surface area (Å²) < 4.78 is 11.0. The Morgan fingerprint density at radius 1 is 1.44 bits per heavy atom. The molecule has 0 spiro atoms. The summed E-state index contributed by atoms with van der Waals surface area (Å²) in [6.45, 7) is 2.47. The molecule has 1 saturated carbocycles. The van der Waals surface area contributed by atoms with Crippen LogP contribution in [0.15, 0.2) is 23.4 Å². The van der Waals surface area contributed by atoms with E-state index in [-0.39, 0.29) is 0 Å². The molecule has 1 aromatic carbocycles. The largest absolute Gasteiger partial charge is 0.497 e. The molecule has 0 radical (unpaired) electrons.